The van der Waals surface area contributed by atoms with Gasteiger partial charge in [-0.1, -0.05) is 124 Å². The van der Waals surface area contributed by atoms with Gasteiger partial charge in [-0.3, -0.25) is 9.59 Å². The number of rotatable bonds is 32. The van der Waals surface area contributed by atoms with E-state index >= 15 is 0 Å². The van der Waals surface area contributed by atoms with Gasteiger partial charge >= 0.3 is 11.9 Å². The molecule has 41 heavy (non-hydrogen) atoms. The zero-order valence-corrected chi connectivity index (χ0v) is 28.2. The van der Waals surface area contributed by atoms with Gasteiger partial charge in [0.2, 0.25) is 0 Å². The van der Waals surface area contributed by atoms with Gasteiger partial charge in [0.1, 0.15) is 6.10 Å². The van der Waals surface area contributed by atoms with Crippen molar-refractivity contribution < 1.29 is 19.1 Å². The minimum Gasteiger partial charge on any atom is -0.466 e. The first-order valence-electron chi connectivity index (χ1n) is 18.1. The minimum atomic E-state index is -0.0492. The fourth-order valence-electron chi connectivity index (χ4n) is 5.43. The van der Waals surface area contributed by atoms with Crippen LogP contribution in [-0.4, -0.2) is 49.2 Å². The van der Waals surface area contributed by atoms with E-state index in [1.807, 2.05) is 0 Å². The van der Waals surface area contributed by atoms with E-state index in [1.165, 1.54) is 96.3 Å². The summed E-state index contributed by atoms with van der Waals surface area (Å²) in [6.45, 7) is 12.5. The molecule has 0 N–H and O–H groups in total. The SMILES string of the molecule is CCCCCCCCC(CCCCCCCC)OC(=O)CCCCCCCN(CC)CCCC(=O)OCCCCC. The van der Waals surface area contributed by atoms with Crippen molar-refractivity contribution in [3.8, 4) is 0 Å². The molecule has 0 atom stereocenters. The number of nitrogens with zero attached hydrogens (tertiary/aromatic N) is 1. The van der Waals surface area contributed by atoms with Crippen molar-refractivity contribution in [2.24, 2.45) is 0 Å². The van der Waals surface area contributed by atoms with Crippen LogP contribution in [0, 0.1) is 0 Å². The van der Waals surface area contributed by atoms with Gasteiger partial charge in [0.15, 0.2) is 0 Å². The second-order valence-corrected chi connectivity index (χ2v) is 12.2. The highest BCUT2D eigenvalue weighted by molar-refractivity contribution is 5.69. The Morgan fingerprint density at radius 2 is 0.976 bits per heavy atom. The Morgan fingerprint density at radius 3 is 1.56 bits per heavy atom. The molecule has 5 heteroatoms. The summed E-state index contributed by atoms with van der Waals surface area (Å²) in [5, 5.41) is 0. The fourth-order valence-corrected chi connectivity index (χ4v) is 5.43. The van der Waals surface area contributed by atoms with Crippen LogP contribution in [0.4, 0.5) is 0 Å². The summed E-state index contributed by atoms with van der Waals surface area (Å²) >= 11 is 0. The Morgan fingerprint density at radius 1 is 0.512 bits per heavy atom. The van der Waals surface area contributed by atoms with Gasteiger partial charge in [0.25, 0.3) is 0 Å². The molecule has 0 radical (unpaired) electrons. The molecule has 0 aromatic carbocycles. The van der Waals surface area contributed by atoms with Crippen molar-refractivity contribution >= 4 is 11.9 Å². The number of carbonyl (C=O) groups is 2. The molecule has 0 fully saturated rings. The highest BCUT2D eigenvalue weighted by Gasteiger charge is 2.14. The van der Waals surface area contributed by atoms with E-state index in [-0.39, 0.29) is 18.0 Å². The molecule has 0 unspecified atom stereocenters. The molecule has 0 aromatic rings. The zero-order chi connectivity index (χ0) is 30.2. The van der Waals surface area contributed by atoms with Crippen molar-refractivity contribution in [1.82, 2.24) is 4.90 Å². The molecule has 0 heterocycles. The second-order valence-electron chi connectivity index (χ2n) is 12.2. The number of hydrogen-bond acceptors (Lipinski definition) is 5. The van der Waals surface area contributed by atoms with Crippen LogP contribution in [0.25, 0.3) is 0 Å². The van der Waals surface area contributed by atoms with Gasteiger partial charge < -0.3 is 14.4 Å². The molecule has 0 aliphatic carbocycles. The Labute approximate surface area is 256 Å². The third-order valence-electron chi connectivity index (χ3n) is 8.23. The standard InChI is InChI=1S/C36H71NO4/c1-5-9-12-14-17-21-27-34(28-22-18-15-13-10-6-2)41-36(39)29-23-19-16-20-24-31-37(8-4)32-26-30-35(38)40-33-25-11-7-3/h34H,5-33H2,1-4H3. The van der Waals surface area contributed by atoms with Crippen molar-refractivity contribution in [1.29, 1.82) is 0 Å². The lowest BCUT2D eigenvalue weighted by Gasteiger charge is -2.20. The first kappa shape index (κ1) is 39.9. The number of carbonyl (C=O) groups excluding carboxylic acids is 2. The summed E-state index contributed by atoms with van der Waals surface area (Å²) < 4.78 is 11.3. The van der Waals surface area contributed by atoms with Gasteiger partial charge in [0, 0.05) is 12.8 Å². The first-order valence-corrected chi connectivity index (χ1v) is 18.1. The van der Waals surface area contributed by atoms with E-state index in [9.17, 15) is 9.59 Å². The molecule has 244 valence electrons. The number of ether oxygens (including phenoxy) is 2. The molecule has 0 rings (SSSR count). The zero-order valence-electron chi connectivity index (χ0n) is 28.2. The lowest BCUT2D eigenvalue weighted by molar-refractivity contribution is -0.150. The predicted molar refractivity (Wildman–Crippen MR) is 175 cm³/mol. The summed E-state index contributed by atoms with van der Waals surface area (Å²) in [4.78, 5) is 26.9. The lowest BCUT2D eigenvalue weighted by atomic mass is 10.0. The van der Waals surface area contributed by atoms with E-state index in [2.05, 4.69) is 32.6 Å². The maximum atomic E-state index is 12.6. The minimum absolute atomic E-state index is 0.0213. The van der Waals surface area contributed by atoms with Gasteiger partial charge in [0.05, 0.1) is 6.61 Å². The van der Waals surface area contributed by atoms with Crippen LogP contribution >= 0.6 is 0 Å². The summed E-state index contributed by atoms with van der Waals surface area (Å²) in [5.41, 5.74) is 0. The van der Waals surface area contributed by atoms with Gasteiger partial charge in [-0.25, -0.2) is 0 Å². The van der Waals surface area contributed by atoms with Crippen LogP contribution in [-0.2, 0) is 19.1 Å². The van der Waals surface area contributed by atoms with Crippen molar-refractivity contribution in [3.63, 3.8) is 0 Å². The Balaban J connectivity index is 4.01. The van der Waals surface area contributed by atoms with E-state index in [4.69, 9.17) is 9.47 Å². The quantitative estimate of drug-likeness (QED) is 0.0584. The maximum Gasteiger partial charge on any atom is 0.306 e. The highest BCUT2D eigenvalue weighted by Crippen LogP contribution is 2.18. The molecule has 0 bridgehead atoms. The van der Waals surface area contributed by atoms with Crippen LogP contribution in [0.15, 0.2) is 0 Å². The predicted octanol–water partition coefficient (Wildman–Crippen LogP) is 10.6. The van der Waals surface area contributed by atoms with E-state index in [1.54, 1.807) is 0 Å². The van der Waals surface area contributed by atoms with Crippen molar-refractivity contribution in [2.75, 3.05) is 26.2 Å². The molecule has 5 nitrogen and oxygen atoms in total. The molecule has 0 saturated carbocycles. The third-order valence-corrected chi connectivity index (χ3v) is 8.23. The smallest absolute Gasteiger partial charge is 0.306 e. The van der Waals surface area contributed by atoms with Crippen LogP contribution in [0.5, 0.6) is 0 Å². The first-order chi connectivity index (χ1) is 20.1. The van der Waals surface area contributed by atoms with E-state index in [0.717, 1.165) is 71.0 Å². The average molecular weight is 582 g/mol. The summed E-state index contributed by atoms with van der Waals surface area (Å²) in [6.07, 6.45) is 28.5. The van der Waals surface area contributed by atoms with Gasteiger partial charge in [-0.2, -0.15) is 0 Å². The van der Waals surface area contributed by atoms with E-state index < -0.39 is 0 Å². The van der Waals surface area contributed by atoms with Crippen LogP contribution in [0.2, 0.25) is 0 Å². The van der Waals surface area contributed by atoms with Crippen molar-refractivity contribution in [3.05, 3.63) is 0 Å². The van der Waals surface area contributed by atoms with Gasteiger partial charge in [-0.05, 0) is 71.0 Å². The highest BCUT2D eigenvalue weighted by atomic mass is 16.5. The monoisotopic (exact) mass is 582 g/mol. The van der Waals surface area contributed by atoms with Crippen LogP contribution < -0.4 is 0 Å². The summed E-state index contributed by atoms with van der Waals surface area (Å²) in [5.74, 6) is -0.0279. The molecule has 0 amide bonds. The topological polar surface area (TPSA) is 55.8 Å². The largest absolute Gasteiger partial charge is 0.466 e. The summed E-state index contributed by atoms with van der Waals surface area (Å²) in [6, 6.07) is 0. The molecule has 0 saturated heterocycles. The molecule has 0 aromatic heterocycles. The lowest BCUT2D eigenvalue weighted by Crippen LogP contribution is -2.26. The molecule has 0 aliphatic rings. The number of unbranched alkanes of at least 4 members (excludes halogenated alkanes) is 16. The van der Waals surface area contributed by atoms with E-state index in [0.29, 0.717) is 19.4 Å². The van der Waals surface area contributed by atoms with Crippen LogP contribution in [0.3, 0.4) is 0 Å². The Kier molecular flexibility index (Phi) is 31.0. The number of hydrogen-bond donors (Lipinski definition) is 0. The van der Waals surface area contributed by atoms with Gasteiger partial charge in [-0.15, -0.1) is 0 Å². The maximum absolute atomic E-state index is 12.6. The number of esters is 2. The Hall–Kier alpha value is -1.10. The molecular weight excluding hydrogens is 510 g/mol. The second kappa shape index (κ2) is 31.8. The van der Waals surface area contributed by atoms with Crippen molar-refractivity contribution in [2.45, 2.75) is 194 Å². The normalized spacial score (nSPS) is 11.5. The average Bonchev–Trinajstić information content (AvgIpc) is 2.97. The summed E-state index contributed by atoms with van der Waals surface area (Å²) in [7, 11) is 0. The van der Waals surface area contributed by atoms with Crippen LogP contribution in [0.1, 0.15) is 188 Å². The molecule has 0 aliphatic heterocycles. The molecular formula is C36H71NO4. The third kappa shape index (κ3) is 28.8. The molecule has 0 spiro atoms. The fraction of sp³-hybridized carbons (Fsp3) is 0.944. The Bertz CT molecular complexity index is 552.